The maximum absolute atomic E-state index is 5.70. The van der Waals surface area contributed by atoms with Crippen LogP contribution in [0.1, 0.15) is 43.7 Å². The zero-order valence-corrected chi connectivity index (χ0v) is 12.8. The van der Waals surface area contributed by atoms with Crippen molar-refractivity contribution < 1.29 is 14.3 Å². The van der Waals surface area contributed by atoms with Crippen LogP contribution < -0.4 is 9.47 Å². The van der Waals surface area contributed by atoms with Crippen molar-refractivity contribution in [3.8, 4) is 11.5 Å². The van der Waals surface area contributed by atoms with E-state index in [1.807, 2.05) is 25.0 Å². The number of nitrogens with zero attached hydrogens (tertiary/aromatic N) is 1. The van der Waals surface area contributed by atoms with Gasteiger partial charge in [-0.3, -0.25) is 4.84 Å². The molecule has 0 spiro atoms. The third-order valence-electron chi connectivity index (χ3n) is 3.55. The van der Waals surface area contributed by atoms with E-state index >= 15 is 0 Å². The Labute approximate surface area is 115 Å². The minimum atomic E-state index is -0.0526. The van der Waals surface area contributed by atoms with Gasteiger partial charge in [0.15, 0.2) is 6.23 Å². The highest BCUT2D eigenvalue weighted by molar-refractivity contribution is 5.53. The molecule has 1 saturated heterocycles. The van der Waals surface area contributed by atoms with Crippen molar-refractivity contribution in [1.82, 2.24) is 5.06 Å². The Hall–Kier alpha value is -1.26. The molecule has 4 nitrogen and oxygen atoms in total. The second kappa shape index (κ2) is 4.69. The van der Waals surface area contributed by atoms with Gasteiger partial charge >= 0.3 is 0 Å². The van der Waals surface area contributed by atoms with E-state index in [4.69, 9.17) is 14.3 Å². The second-order valence-electron chi connectivity index (χ2n) is 5.91. The molecule has 106 valence electrons. The summed E-state index contributed by atoms with van der Waals surface area (Å²) in [6, 6.07) is 2.01. The monoisotopic (exact) mass is 265 g/mol. The Kier molecular flexibility index (Phi) is 3.49. The van der Waals surface area contributed by atoms with Crippen LogP contribution in [0.15, 0.2) is 6.07 Å². The fourth-order valence-corrected chi connectivity index (χ4v) is 2.33. The highest BCUT2D eigenvalue weighted by Crippen LogP contribution is 2.49. The lowest BCUT2D eigenvalue weighted by molar-refractivity contribution is 0.101. The minimum absolute atomic E-state index is 0.0261. The maximum Gasteiger partial charge on any atom is 0.184 e. The fraction of sp³-hybridized carbons (Fsp3) is 0.600. The van der Waals surface area contributed by atoms with Gasteiger partial charge in [0, 0.05) is 11.1 Å². The van der Waals surface area contributed by atoms with E-state index in [0.717, 1.165) is 28.2 Å². The van der Waals surface area contributed by atoms with Crippen LogP contribution >= 0.6 is 0 Å². The van der Waals surface area contributed by atoms with Crippen LogP contribution in [0, 0.1) is 13.8 Å². The molecular formula is C15H23NO3. The van der Waals surface area contributed by atoms with Crippen LogP contribution in [0.4, 0.5) is 0 Å². The zero-order chi connectivity index (χ0) is 14.4. The van der Waals surface area contributed by atoms with Gasteiger partial charge in [0.1, 0.15) is 11.5 Å². The second-order valence-corrected chi connectivity index (χ2v) is 5.91. The first-order valence-corrected chi connectivity index (χ1v) is 6.49. The molecule has 0 N–H and O–H groups in total. The van der Waals surface area contributed by atoms with Crippen LogP contribution in [-0.4, -0.2) is 24.8 Å². The van der Waals surface area contributed by atoms with E-state index < -0.39 is 0 Å². The SMILES string of the molecule is COc1cc([C@H]2ON2C(C)(C)C)c(OC)c(C)c1C. The number of rotatable bonds is 3. The number of hydrogen-bond acceptors (Lipinski definition) is 4. The summed E-state index contributed by atoms with van der Waals surface area (Å²) in [6.45, 7) is 10.5. The summed E-state index contributed by atoms with van der Waals surface area (Å²) in [5.41, 5.74) is 3.20. The number of ether oxygens (including phenoxy) is 2. The Bertz CT molecular complexity index is 491. The molecule has 1 fully saturated rings. The molecule has 2 atom stereocenters. The van der Waals surface area contributed by atoms with Crippen molar-refractivity contribution in [2.75, 3.05) is 14.2 Å². The predicted octanol–water partition coefficient (Wildman–Crippen LogP) is 3.36. The van der Waals surface area contributed by atoms with Crippen molar-refractivity contribution >= 4 is 0 Å². The summed E-state index contributed by atoms with van der Waals surface area (Å²) in [7, 11) is 3.38. The van der Waals surface area contributed by atoms with Gasteiger partial charge in [0.05, 0.1) is 14.2 Å². The molecule has 0 radical (unpaired) electrons. The Morgan fingerprint density at radius 3 is 2.16 bits per heavy atom. The van der Waals surface area contributed by atoms with Crippen molar-refractivity contribution in [2.24, 2.45) is 0 Å². The van der Waals surface area contributed by atoms with Gasteiger partial charge in [-0.2, -0.15) is 0 Å². The average molecular weight is 265 g/mol. The van der Waals surface area contributed by atoms with Crippen molar-refractivity contribution in [3.63, 3.8) is 0 Å². The maximum atomic E-state index is 5.70. The van der Waals surface area contributed by atoms with E-state index in [1.165, 1.54) is 0 Å². The first-order valence-electron chi connectivity index (χ1n) is 6.49. The first kappa shape index (κ1) is 14.2. The summed E-state index contributed by atoms with van der Waals surface area (Å²) in [4.78, 5) is 5.70. The van der Waals surface area contributed by atoms with Crippen molar-refractivity contribution in [2.45, 2.75) is 46.4 Å². The minimum Gasteiger partial charge on any atom is -0.496 e. The topological polar surface area (TPSA) is 34.0 Å². The Morgan fingerprint density at radius 2 is 1.74 bits per heavy atom. The third kappa shape index (κ3) is 2.42. The molecule has 0 saturated carbocycles. The zero-order valence-electron chi connectivity index (χ0n) is 12.8. The highest BCUT2D eigenvalue weighted by atomic mass is 16.8. The third-order valence-corrected chi connectivity index (χ3v) is 3.55. The van der Waals surface area contributed by atoms with Crippen LogP contribution in [0.3, 0.4) is 0 Å². The molecule has 0 amide bonds. The molecule has 1 aromatic carbocycles. The molecule has 4 heteroatoms. The number of benzene rings is 1. The van der Waals surface area contributed by atoms with Gasteiger partial charge in [-0.15, -0.1) is 5.06 Å². The molecule has 1 unspecified atom stereocenters. The van der Waals surface area contributed by atoms with Crippen molar-refractivity contribution in [1.29, 1.82) is 0 Å². The number of hydrogen-bond donors (Lipinski definition) is 0. The van der Waals surface area contributed by atoms with Crippen LogP contribution in [0.25, 0.3) is 0 Å². The standard InChI is InChI=1S/C15H23NO3/c1-9-10(2)13(18-7)11(8-12(9)17-6)14-16(19-14)15(3,4)5/h8,14H,1-7H3/t14-,16?/m1/s1. The molecule has 0 aliphatic carbocycles. The van der Waals surface area contributed by atoms with E-state index in [2.05, 4.69) is 20.8 Å². The number of hydroxylamine groups is 2. The summed E-state index contributed by atoms with van der Waals surface area (Å²) < 4.78 is 11.0. The molecule has 19 heavy (non-hydrogen) atoms. The van der Waals surface area contributed by atoms with Gasteiger partial charge in [0.25, 0.3) is 0 Å². The Morgan fingerprint density at radius 1 is 1.11 bits per heavy atom. The van der Waals surface area contributed by atoms with Crippen LogP contribution in [0.5, 0.6) is 11.5 Å². The molecule has 1 aromatic rings. The van der Waals surface area contributed by atoms with E-state index in [9.17, 15) is 0 Å². The van der Waals surface area contributed by atoms with Gasteiger partial charge in [0.2, 0.25) is 0 Å². The van der Waals surface area contributed by atoms with E-state index in [0.29, 0.717) is 0 Å². The summed E-state index contributed by atoms with van der Waals surface area (Å²) >= 11 is 0. The molecular weight excluding hydrogens is 242 g/mol. The molecule has 1 aliphatic heterocycles. The van der Waals surface area contributed by atoms with E-state index in [-0.39, 0.29) is 11.8 Å². The molecule has 1 heterocycles. The predicted molar refractivity (Wildman–Crippen MR) is 74.4 cm³/mol. The van der Waals surface area contributed by atoms with E-state index in [1.54, 1.807) is 14.2 Å². The molecule has 0 bridgehead atoms. The summed E-state index contributed by atoms with van der Waals surface area (Å²) in [5.74, 6) is 1.76. The molecule has 2 rings (SSSR count). The highest BCUT2D eigenvalue weighted by Gasteiger charge is 2.47. The van der Waals surface area contributed by atoms with Gasteiger partial charge in [-0.25, -0.2) is 0 Å². The fourth-order valence-electron chi connectivity index (χ4n) is 2.33. The molecule has 0 aromatic heterocycles. The smallest absolute Gasteiger partial charge is 0.184 e. The summed E-state index contributed by atoms with van der Waals surface area (Å²) in [6.07, 6.45) is -0.0526. The largest absolute Gasteiger partial charge is 0.496 e. The van der Waals surface area contributed by atoms with Gasteiger partial charge in [-0.05, 0) is 51.8 Å². The average Bonchev–Trinajstić information content (AvgIpc) is 3.12. The lowest BCUT2D eigenvalue weighted by Gasteiger charge is -2.19. The lowest BCUT2D eigenvalue weighted by Crippen LogP contribution is -2.25. The lowest BCUT2D eigenvalue weighted by atomic mass is 10.0. The summed E-state index contributed by atoms with van der Waals surface area (Å²) in [5, 5.41) is 1.97. The quantitative estimate of drug-likeness (QED) is 0.785. The van der Waals surface area contributed by atoms with Crippen LogP contribution in [0.2, 0.25) is 0 Å². The van der Waals surface area contributed by atoms with Crippen molar-refractivity contribution in [3.05, 3.63) is 22.8 Å². The number of methoxy groups -OCH3 is 2. The van der Waals surface area contributed by atoms with Gasteiger partial charge < -0.3 is 9.47 Å². The Balaban J connectivity index is 2.44. The normalized spacial score (nSPS) is 22.3. The van der Waals surface area contributed by atoms with Gasteiger partial charge in [-0.1, -0.05) is 0 Å². The first-order chi connectivity index (χ1) is 8.81. The van der Waals surface area contributed by atoms with Crippen LogP contribution in [-0.2, 0) is 4.84 Å². The molecule has 1 aliphatic rings.